The molecule has 0 aliphatic carbocycles. The molecule has 0 heterocycles. The second-order valence-corrected chi connectivity index (χ2v) is 8.12. The van der Waals surface area contributed by atoms with Crippen molar-refractivity contribution in [3.8, 4) is 5.75 Å². The molecule has 2 rings (SSSR count). The van der Waals surface area contributed by atoms with E-state index in [1.165, 1.54) is 12.1 Å². The SMILES string of the molecule is C=C(C)CN(CC)C(=O)c1ccc(OS(=O)(=O)c2cc(C)ccc2C)cc1. The predicted octanol–water partition coefficient (Wildman–Crippen LogP) is 4.11. The van der Waals surface area contributed by atoms with Gasteiger partial charge in [0.2, 0.25) is 0 Å². The predicted molar refractivity (Wildman–Crippen MR) is 107 cm³/mol. The molecular weight excluding hydrogens is 362 g/mol. The second-order valence-electron chi connectivity index (χ2n) is 6.61. The Balaban J connectivity index is 2.21. The number of hydrogen-bond acceptors (Lipinski definition) is 4. The van der Waals surface area contributed by atoms with Crippen LogP contribution < -0.4 is 4.18 Å². The standard InChI is InChI=1S/C21H25NO4S/c1-6-22(14-15(2)3)21(23)18-9-11-19(12-10-18)26-27(24,25)20-13-16(4)7-8-17(20)5/h7-13H,2,6,14H2,1,3-5H3. The molecule has 0 aliphatic heterocycles. The van der Waals surface area contributed by atoms with Crippen LogP contribution in [0.2, 0.25) is 0 Å². The van der Waals surface area contributed by atoms with Crippen LogP contribution >= 0.6 is 0 Å². The van der Waals surface area contributed by atoms with Crippen molar-refractivity contribution in [2.45, 2.75) is 32.6 Å². The lowest BCUT2D eigenvalue weighted by Crippen LogP contribution is -2.32. The summed E-state index contributed by atoms with van der Waals surface area (Å²) in [5.41, 5.74) is 2.81. The van der Waals surface area contributed by atoms with Gasteiger partial charge in [0, 0.05) is 18.7 Å². The highest BCUT2D eigenvalue weighted by Crippen LogP contribution is 2.23. The number of likely N-dealkylation sites (N-methyl/N-ethyl adjacent to an activating group) is 1. The van der Waals surface area contributed by atoms with E-state index in [9.17, 15) is 13.2 Å². The van der Waals surface area contributed by atoms with Crippen LogP contribution in [0.4, 0.5) is 0 Å². The Bertz CT molecular complexity index is 947. The van der Waals surface area contributed by atoms with Crippen LogP contribution in [0.25, 0.3) is 0 Å². The van der Waals surface area contributed by atoms with Crippen molar-refractivity contribution in [3.63, 3.8) is 0 Å². The van der Waals surface area contributed by atoms with Crippen molar-refractivity contribution in [1.82, 2.24) is 4.90 Å². The van der Waals surface area contributed by atoms with E-state index in [2.05, 4.69) is 6.58 Å². The van der Waals surface area contributed by atoms with E-state index in [0.29, 0.717) is 24.2 Å². The average molecular weight is 388 g/mol. The summed E-state index contributed by atoms with van der Waals surface area (Å²) in [7, 11) is -3.94. The van der Waals surface area contributed by atoms with Gasteiger partial charge in [0.25, 0.3) is 5.91 Å². The molecule has 0 spiro atoms. The number of hydrogen-bond donors (Lipinski definition) is 0. The van der Waals surface area contributed by atoms with Crippen LogP contribution in [-0.2, 0) is 10.1 Å². The van der Waals surface area contributed by atoms with Gasteiger partial charge < -0.3 is 9.08 Å². The van der Waals surface area contributed by atoms with E-state index >= 15 is 0 Å². The Morgan fingerprint density at radius 3 is 2.30 bits per heavy atom. The fourth-order valence-electron chi connectivity index (χ4n) is 2.64. The van der Waals surface area contributed by atoms with Crippen LogP contribution in [0.1, 0.15) is 35.3 Å². The Kier molecular flexibility index (Phi) is 6.44. The molecular formula is C21H25NO4S. The molecule has 1 amide bonds. The van der Waals surface area contributed by atoms with E-state index in [1.807, 2.05) is 26.8 Å². The molecule has 0 saturated heterocycles. The number of carbonyl (C=O) groups excluding carboxylic acids is 1. The topological polar surface area (TPSA) is 63.7 Å². The van der Waals surface area contributed by atoms with Gasteiger partial charge in [0.05, 0.1) is 0 Å². The Labute approximate surface area is 161 Å². The van der Waals surface area contributed by atoms with Crippen LogP contribution in [0.15, 0.2) is 59.5 Å². The maximum Gasteiger partial charge on any atom is 0.339 e. The zero-order chi connectivity index (χ0) is 20.2. The minimum atomic E-state index is -3.94. The molecule has 144 valence electrons. The van der Waals surface area contributed by atoms with Gasteiger partial charge in [-0.05, 0) is 69.2 Å². The number of aryl methyl sites for hydroxylation is 2. The molecule has 5 nitrogen and oxygen atoms in total. The summed E-state index contributed by atoms with van der Waals surface area (Å²) >= 11 is 0. The van der Waals surface area contributed by atoms with Gasteiger partial charge in [-0.3, -0.25) is 4.79 Å². The summed E-state index contributed by atoms with van der Waals surface area (Å²) in [4.78, 5) is 14.3. The summed E-state index contributed by atoms with van der Waals surface area (Å²) in [6.07, 6.45) is 0. The number of carbonyl (C=O) groups is 1. The van der Waals surface area contributed by atoms with Gasteiger partial charge >= 0.3 is 10.1 Å². The van der Waals surface area contributed by atoms with Crippen LogP contribution in [0.3, 0.4) is 0 Å². The molecule has 2 aromatic carbocycles. The van der Waals surface area contributed by atoms with Crippen molar-refractivity contribution in [2.75, 3.05) is 13.1 Å². The molecule has 0 saturated carbocycles. The minimum Gasteiger partial charge on any atom is -0.379 e. The highest BCUT2D eigenvalue weighted by molar-refractivity contribution is 7.87. The molecule has 27 heavy (non-hydrogen) atoms. The van der Waals surface area contributed by atoms with Gasteiger partial charge in [-0.25, -0.2) is 0 Å². The number of amides is 1. The first kappa shape index (κ1) is 20.7. The average Bonchev–Trinajstić information content (AvgIpc) is 2.61. The van der Waals surface area contributed by atoms with E-state index < -0.39 is 10.1 Å². The third-order valence-electron chi connectivity index (χ3n) is 4.05. The largest absolute Gasteiger partial charge is 0.379 e. The smallest absolute Gasteiger partial charge is 0.339 e. The molecule has 6 heteroatoms. The van der Waals surface area contributed by atoms with Crippen LogP contribution in [-0.4, -0.2) is 32.3 Å². The first-order chi connectivity index (χ1) is 12.6. The zero-order valence-electron chi connectivity index (χ0n) is 16.2. The van der Waals surface area contributed by atoms with Crippen molar-refractivity contribution < 1.29 is 17.4 Å². The van der Waals surface area contributed by atoms with Gasteiger partial charge in [-0.2, -0.15) is 8.42 Å². The second kappa shape index (κ2) is 8.39. The van der Waals surface area contributed by atoms with Crippen LogP contribution in [0.5, 0.6) is 5.75 Å². The van der Waals surface area contributed by atoms with Crippen molar-refractivity contribution in [1.29, 1.82) is 0 Å². The fourth-order valence-corrected chi connectivity index (χ4v) is 3.88. The van der Waals surface area contributed by atoms with Crippen molar-refractivity contribution in [3.05, 3.63) is 71.3 Å². The molecule has 0 fully saturated rings. The van der Waals surface area contributed by atoms with Gasteiger partial charge in [0.15, 0.2) is 0 Å². The van der Waals surface area contributed by atoms with Crippen molar-refractivity contribution in [2.24, 2.45) is 0 Å². The first-order valence-corrected chi connectivity index (χ1v) is 10.1. The monoisotopic (exact) mass is 387 g/mol. The molecule has 0 atom stereocenters. The molecule has 0 bridgehead atoms. The summed E-state index contributed by atoms with van der Waals surface area (Å²) in [5, 5.41) is 0. The Hall–Kier alpha value is -2.60. The number of benzene rings is 2. The third kappa shape index (κ3) is 5.20. The quantitative estimate of drug-likeness (QED) is 0.530. The summed E-state index contributed by atoms with van der Waals surface area (Å²) in [6, 6.07) is 11.3. The van der Waals surface area contributed by atoms with Gasteiger partial charge in [0.1, 0.15) is 10.6 Å². The lowest BCUT2D eigenvalue weighted by atomic mass is 10.2. The summed E-state index contributed by atoms with van der Waals surface area (Å²) in [5.74, 6) is 0.0276. The molecule has 0 N–H and O–H groups in total. The van der Waals surface area contributed by atoms with E-state index in [4.69, 9.17) is 4.18 Å². The highest BCUT2D eigenvalue weighted by Gasteiger charge is 2.20. The number of nitrogens with zero attached hydrogens (tertiary/aromatic N) is 1. The summed E-state index contributed by atoms with van der Waals surface area (Å²) < 4.78 is 30.4. The summed E-state index contributed by atoms with van der Waals surface area (Å²) in [6.45, 7) is 12.2. The van der Waals surface area contributed by atoms with E-state index in [1.54, 1.807) is 36.1 Å². The van der Waals surface area contributed by atoms with E-state index in [0.717, 1.165) is 11.1 Å². The lowest BCUT2D eigenvalue weighted by molar-refractivity contribution is 0.0778. The molecule has 2 aromatic rings. The van der Waals surface area contributed by atoms with E-state index in [-0.39, 0.29) is 16.6 Å². The Morgan fingerprint density at radius 2 is 1.74 bits per heavy atom. The molecule has 0 aliphatic rings. The Morgan fingerprint density at radius 1 is 1.11 bits per heavy atom. The minimum absolute atomic E-state index is 0.135. The molecule has 0 unspecified atom stereocenters. The van der Waals surface area contributed by atoms with Crippen molar-refractivity contribution >= 4 is 16.0 Å². The third-order valence-corrected chi connectivity index (χ3v) is 5.44. The lowest BCUT2D eigenvalue weighted by Gasteiger charge is -2.21. The highest BCUT2D eigenvalue weighted by atomic mass is 32.2. The molecule has 0 aromatic heterocycles. The number of rotatable bonds is 7. The fraction of sp³-hybridized carbons (Fsp3) is 0.286. The van der Waals surface area contributed by atoms with Gasteiger partial charge in [-0.15, -0.1) is 0 Å². The maximum atomic E-state index is 12.6. The first-order valence-electron chi connectivity index (χ1n) is 8.69. The molecule has 0 radical (unpaired) electrons. The maximum absolute atomic E-state index is 12.6. The van der Waals surface area contributed by atoms with Gasteiger partial charge in [-0.1, -0.05) is 24.3 Å². The van der Waals surface area contributed by atoms with Crippen LogP contribution in [0, 0.1) is 13.8 Å². The normalized spacial score (nSPS) is 11.1. The zero-order valence-corrected chi connectivity index (χ0v) is 17.0.